The first kappa shape index (κ1) is 25.3. The highest BCUT2D eigenvalue weighted by Crippen LogP contribution is 2.40. The number of nitrogen functional groups attached to an aromatic ring is 1. The Hall–Kier alpha value is -4.37. The van der Waals surface area contributed by atoms with Crippen molar-refractivity contribution in [3.8, 4) is 22.8 Å². The Labute approximate surface area is 221 Å². The molecule has 2 aromatic heterocycles. The zero-order valence-corrected chi connectivity index (χ0v) is 22.0. The second kappa shape index (κ2) is 10.5. The number of aryl methyl sites for hydroxylation is 1. The summed E-state index contributed by atoms with van der Waals surface area (Å²) < 4.78 is 13.8. The number of allylic oxidation sites excluding steroid dienone is 1. The fraction of sp³-hybridized carbons (Fsp3) is 0.276. The number of hydrogen-bond donors (Lipinski definition) is 2. The standard InChI is InChI=1S/C29H32N6O3/c1-18(17-36)19-7-8-24-20(14-19)28(25-6-5-11-35(24)25)22-9-10-31-29(32-22)33-23-15-21(30)26(16-27(23)37-4)38-13-12-34(2)3/h7-10,14-17H,1,5-6,11-13,30H2,2-4H3,(H,31,32,33). The number of nitrogens with zero attached hydrogens (tertiary/aromatic N) is 4. The molecule has 0 bridgehead atoms. The van der Waals surface area contributed by atoms with Gasteiger partial charge in [0.2, 0.25) is 5.95 Å². The number of nitrogens with two attached hydrogens (primary N) is 1. The molecule has 0 radical (unpaired) electrons. The molecule has 0 fully saturated rings. The highest BCUT2D eigenvalue weighted by molar-refractivity contribution is 6.08. The topological polar surface area (TPSA) is 108 Å². The van der Waals surface area contributed by atoms with Crippen LogP contribution in [0, 0.1) is 0 Å². The van der Waals surface area contributed by atoms with Crippen LogP contribution < -0.4 is 20.5 Å². The number of aldehydes is 1. The van der Waals surface area contributed by atoms with E-state index >= 15 is 0 Å². The Morgan fingerprint density at radius 1 is 1.24 bits per heavy atom. The summed E-state index contributed by atoms with van der Waals surface area (Å²) in [5.74, 6) is 1.55. The van der Waals surface area contributed by atoms with Crippen LogP contribution in [0.15, 0.2) is 49.2 Å². The lowest BCUT2D eigenvalue weighted by Crippen LogP contribution is -2.19. The largest absolute Gasteiger partial charge is 0.494 e. The van der Waals surface area contributed by atoms with Gasteiger partial charge in [-0.05, 0) is 56.8 Å². The van der Waals surface area contributed by atoms with E-state index in [4.69, 9.17) is 20.2 Å². The van der Waals surface area contributed by atoms with Gasteiger partial charge in [-0.25, -0.2) is 9.97 Å². The molecule has 38 heavy (non-hydrogen) atoms. The number of carbonyl (C=O) groups excluding carboxylic acids is 1. The highest BCUT2D eigenvalue weighted by Gasteiger charge is 2.24. The van der Waals surface area contributed by atoms with E-state index in [1.807, 2.05) is 37.2 Å². The van der Waals surface area contributed by atoms with Gasteiger partial charge in [0.05, 0.1) is 24.2 Å². The third-order valence-corrected chi connectivity index (χ3v) is 6.77. The zero-order valence-electron chi connectivity index (χ0n) is 22.0. The van der Waals surface area contributed by atoms with E-state index in [-0.39, 0.29) is 0 Å². The van der Waals surface area contributed by atoms with Gasteiger partial charge < -0.3 is 30.0 Å². The van der Waals surface area contributed by atoms with Crippen LogP contribution in [0.5, 0.6) is 11.5 Å². The van der Waals surface area contributed by atoms with Crippen molar-refractivity contribution < 1.29 is 14.3 Å². The number of rotatable bonds is 10. The summed E-state index contributed by atoms with van der Waals surface area (Å²) in [5, 5.41) is 4.31. The van der Waals surface area contributed by atoms with Crippen molar-refractivity contribution in [1.29, 1.82) is 0 Å². The maximum atomic E-state index is 11.4. The molecule has 0 unspecified atom stereocenters. The average Bonchev–Trinajstić information content (AvgIpc) is 3.50. The first-order valence-corrected chi connectivity index (χ1v) is 12.5. The number of anilines is 3. The van der Waals surface area contributed by atoms with E-state index in [2.05, 4.69) is 27.5 Å². The van der Waals surface area contributed by atoms with Crippen molar-refractivity contribution in [2.24, 2.45) is 0 Å². The first-order chi connectivity index (χ1) is 18.4. The summed E-state index contributed by atoms with van der Waals surface area (Å²) in [4.78, 5) is 22.7. The number of fused-ring (bicyclic) bond motifs is 3. The van der Waals surface area contributed by atoms with Gasteiger partial charge in [-0.1, -0.05) is 12.6 Å². The summed E-state index contributed by atoms with van der Waals surface area (Å²) in [6, 6.07) is 11.5. The molecule has 5 rings (SSSR count). The molecule has 196 valence electrons. The Morgan fingerprint density at radius 2 is 2.08 bits per heavy atom. The second-order valence-corrected chi connectivity index (χ2v) is 9.58. The van der Waals surface area contributed by atoms with Crippen LogP contribution in [0.3, 0.4) is 0 Å². The summed E-state index contributed by atoms with van der Waals surface area (Å²) in [6.07, 6.45) is 4.56. The SMILES string of the molecule is C=C(C=O)c1ccc2c(c1)c(-c1ccnc(Nc3cc(N)c(OCCN(C)C)cc3OC)n1)c1n2CCC1. The maximum Gasteiger partial charge on any atom is 0.227 e. The average molecular weight is 513 g/mol. The van der Waals surface area contributed by atoms with Crippen molar-refractivity contribution in [3.63, 3.8) is 0 Å². The van der Waals surface area contributed by atoms with Crippen molar-refractivity contribution in [2.75, 3.05) is 45.4 Å². The third kappa shape index (κ3) is 4.80. The van der Waals surface area contributed by atoms with Crippen LogP contribution in [0.25, 0.3) is 27.7 Å². The lowest BCUT2D eigenvalue weighted by atomic mass is 10.0. The number of likely N-dealkylation sites (N-methyl/N-ethyl adjacent to an activating group) is 1. The van der Waals surface area contributed by atoms with Crippen LogP contribution in [0.4, 0.5) is 17.3 Å². The van der Waals surface area contributed by atoms with E-state index in [1.54, 1.807) is 25.4 Å². The molecular weight excluding hydrogens is 480 g/mol. The minimum Gasteiger partial charge on any atom is -0.494 e. The molecule has 9 heteroatoms. The molecule has 3 heterocycles. The van der Waals surface area contributed by atoms with Gasteiger partial charge >= 0.3 is 0 Å². The molecule has 0 saturated heterocycles. The van der Waals surface area contributed by atoms with Gasteiger partial charge in [0.15, 0.2) is 0 Å². The molecule has 0 spiro atoms. The van der Waals surface area contributed by atoms with Crippen molar-refractivity contribution >= 4 is 40.1 Å². The van der Waals surface area contributed by atoms with Gasteiger partial charge in [0.25, 0.3) is 0 Å². The van der Waals surface area contributed by atoms with Crippen LogP contribution >= 0.6 is 0 Å². The molecule has 4 aromatic rings. The molecule has 0 atom stereocenters. The fourth-order valence-electron chi connectivity index (χ4n) is 4.87. The number of nitrogens with one attached hydrogen (secondary N) is 1. The number of carbonyl (C=O) groups is 1. The summed E-state index contributed by atoms with van der Waals surface area (Å²) in [6.45, 7) is 6.12. The van der Waals surface area contributed by atoms with Gasteiger partial charge in [-0.15, -0.1) is 0 Å². The van der Waals surface area contributed by atoms with Crippen molar-refractivity contribution in [1.82, 2.24) is 19.4 Å². The lowest BCUT2D eigenvalue weighted by molar-refractivity contribution is -0.103. The fourth-order valence-corrected chi connectivity index (χ4v) is 4.87. The lowest BCUT2D eigenvalue weighted by Gasteiger charge is -2.16. The molecule has 1 aliphatic rings. The molecule has 0 saturated carbocycles. The highest BCUT2D eigenvalue weighted by atomic mass is 16.5. The molecule has 9 nitrogen and oxygen atoms in total. The second-order valence-electron chi connectivity index (χ2n) is 9.58. The number of aromatic nitrogens is 3. The third-order valence-electron chi connectivity index (χ3n) is 6.77. The number of hydrogen-bond acceptors (Lipinski definition) is 8. The van der Waals surface area contributed by atoms with E-state index in [1.165, 1.54) is 5.69 Å². The number of methoxy groups -OCH3 is 1. The van der Waals surface area contributed by atoms with Gasteiger partial charge in [0.1, 0.15) is 24.4 Å². The normalized spacial score (nSPS) is 12.5. The van der Waals surface area contributed by atoms with E-state index in [9.17, 15) is 4.79 Å². The van der Waals surface area contributed by atoms with Gasteiger partial charge in [-0.3, -0.25) is 4.79 Å². The monoisotopic (exact) mass is 512 g/mol. The van der Waals surface area contributed by atoms with Crippen molar-refractivity contribution in [3.05, 3.63) is 60.4 Å². The summed E-state index contributed by atoms with van der Waals surface area (Å²) >= 11 is 0. The quantitative estimate of drug-likeness (QED) is 0.181. The van der Waals surface area contributed by atoms with Crippen LogP contribution in [-0.4, -0.2) is 60.1 Å². The molecule has 1 aliphatic heterocycles. The molecular formula is C29H32N6O3. The van der Waals surface area contributed by atoms with E-state index in [0.717, 1.165) is 59.9 Å². The Kier molecular flexibility index (Phi) is 7.02. The molecule has 3 N–H and O–H groups in total. The van der Waals surface area contributed by atoms with E-state index < -0.39 is 0 Å². The van der Waals surface area contributed by atoms with Crippen LogP contribution in [0.1, 0.15) is 17.7 Å². The predicted octanol–water partition coefficient (Wildman–Crippen LogP) is 4.53. The maximum absolute atomic E-state index is 11.4. The molecule has 0 aliphatic carbocycles. The van der Waals surface area contributed by atoms with Crippen LogP contribution in [-0.2, 0) is 17.8 Å². The zero-order chi connectivity index (χ0) is 26.8. The minimum atomic E-state index is 0.418. The number of ether oxygens (including phenoxy) is 2. The van der Waals surface area contributed by atoms with Gasteiger partial charge in [0, 0.05) is 53.1 Å². The molecule has 2 aromatic carbocycles. The number of benzene rings is 2. The Morgan fingerprint density at radius 3 is 2.84 bits per heavy atom. The first-order valence-electron chi connectivity index (χ1n) is 12.5. The minimum absolute atomic E-state index is 0.418. The Bertz CT molecular complexity index is 1520. The smallest absolute Gasteiger partial charge is 0.227 e. The van der Waals surface area contributed by atoms with E-state index in [0.29, 0.717) is 41.0 Å². The van der Waals surface area contributed by atoms with Gasteiger partial charge in [-0.2, -0.15) is 0 Å². The van der Waals surface area contributed by atoms with Crippen LogP contribution in [0.2, 0.25) is 0 Å². The Balaban J connectivity index is 1.50. The summed E-state index contributed by atoms with van der Waals surface area (Å²) in [5.41, 5.74) is 12.9. The predicted molar refractivity (Wildman–Crippen MR) is 151 cm³/mol. The molecule has 0 amide bonds. The van der Waals surface area contributed by atoms with Crippen molar-refractivity contribution in [2.45, 2.75) is 19.4 Å². The summed E-state index contributed by atoms with van der Waals surface area (Å²) in [7, 11) is 5.57.